The number of halogens is 2. The molecule has 1 N–H and O–H groups in total. The normalized spacial score (nSPS) is 11.2. The molecule has 1 rings (SSSR count). The Balaban J connectivity index is 0.00000324. The number of rotatable bonds is 6. The summed E-state index contributed by atoms with van der Waals surface area (Å²) in [6, 6.07) is 4.42. The molecule has 0 bridgehead atoms. The molecule has 0 saturated carbocycles. The minimum Gasteiger partial charge on any atom is -0.495 e. The van der Waals surface area contributed by atoms with Gasteiger partial charge in [0.15, 0.2) is 0 Å². The first-order valence-electron chi connectivity index (χ1n) is 5.38. The summed E-state index contributed by atoms with van der Waals surface area (Å²) in [5.41, 5.74) is 0. The summed E-state index contributed by atoms with van der Waals surface area (Å²) in [4.78, 5) is 0.159. The molecule has 0 aromatic heterocycles. The van der Waals surface area contributed by atoms with Gasteiger partial charge in [0.1, 0.15) is 5.75 Å². The Morgan fingerprint density at radius 2 is 2.05 bits per heavy atom. The molecule has 0 aliphatic heterocycles. The molecule has 8 heteroatoms. The SMILES string of the molecule is CNCCN(C)S(=O)(=O)c1ccc(OC)c(Cl)c1.Cl. The van der Waals surface area contributed by atoms with Crippen molar-refractivity contribution in [3.63, 3.8) is 0 Å². The smallest absolute Gasteiger partial charge is 0.242 e. The lowest BCUT2D eigenvalue weighted by Gasteiger charge is -2.17. The van der Waals surface area contributed by atoms with Crippen LogP contribution in [-0.4, -0.2) is 47.0 Å². The van der Waals surface area contributed by atoms with Crippen molar-refractivity contribution in [1.82, 2.24) is 9.62 Å². The summed E-state index contributed by atoms with van der Waals surface area (Å²) in [6.45, 7) is 0.974. The molecule has 1 aromatic rings. The van der Waals surface area contributed by atoms with Gasteiger partial charge < -0.3 is 10.1 Å². The van der Waals surface area contributed by atoms with Crippen LogP contribution in [0.1, 0.15) is 0 Å². The molecule has 0 unspecified atom stereocenters. The molecular weight excluding hydrogens is 311 g/mol. The van der Waals surface area contributed by atoms with Crippen LogP contribution in [0.2, 0.25) is 5.02 Å². The highest BCUT2D eigenvalue weighted by atomic mass is 35.5. The van der Waals surface area contributed by atoms with Gasteiger partial charge in [0.2, 0.25) is 10.0 Å². The second kappa shape index (κ2) is 7.91. The van der Waals surface area contributed by atoms with Crippen LogP contribution in [0.3, 0.4) is 0 Å². The molecule has 0 spiro atoms. The maximum absolute atomic E-state index is 12.2. The number of nitrogens with one attached hydrogen (secondary N) is 1. The molecule has 0 atom stereocenters. The van der Waals surface area contributed by atoms with Crippen LogP contribution < -0.4 is 10.1 Å². The standard InChI is InChI=1S/C11H17ClN2O3S.ClH/c1-13-6-7-14(2)18(15,16)9-4-5-11(17-3)10(12)8-9;/h4-5,8,13H,6-7H2,1-3H3;1H. The highest BCUT2D eigenvalue weighted by Gasteiger charge is 2.21. The van der Waals surface area contributed by atoms with Crippen molar-refractivity contribution in [1.29, 1.82) is 0 Å². The third kappa shape index (κ3) is 4.50. The van der Waals surface area contributed by atoms with Gasteiger partial charge in [-0.15, -0.1) is 12.4 Å². The highest BCUT2D eigenvalue weighted by Crippen LogP contribution is 2.27. The average molecular weight is 329 g/mol. The molecule has 5 nitrogen and oxygen atoms in total. The largest absolute Gasteiger partial charge is 0.495 e. The van der Waals surface area contributed by atoms with Gasteiger partial charge in [0.25, 0.3) is 0 Å². The van der Waals surface area contributed by atoms with E-state index in [-0.39, 0.29) is 22.3 Å². The van der Waals surface area contributed by atoms with Crippen molar-refractivity contribution >= 4 is 34.0 Å². The second-order valence-corrected chi connectivity index (χ2v) is 6.18. The number of methoxy groups -OCH3 is 1. The van der Waals surface area contributed by atoms with Crippen molar-refractivity contribution in [2.45, 2.75) is 4.90 Å². The van der Waals surface area contributed by atoms with E-state index in [0.29, 0.717) is 18.8 Å². The lowest BCUT2D eigenvalue weighted by atomic mass is 10.3. The van der Waals surface area contributed by atoms with Crippen LogP contribution in [0.5, 0.6) is 5.75 Å². The average Bonchev–Trinajstić information content (AvgIpc) is 2.35. The minimum absolute atomic E-state index is 0. The number of benzene rings is 1. The van der Waals surface area contributed by atoms with Gasteiger partial charge in [-0.3, -0.25) is 0 Å². The molecule has 0 aliphatic rings. The van der Waals surface area contributed by atoms with E-state index in [1.807, 2.05) is 0 Å². The fourth-order valence-electron chi connectivity index (χ4n) is 1.38. The molecule has 110 valence electrons. The molecule has 1 aromatic carbocycles. The van der Waals surface area contributed by atoms with Crippen LogP contribution in [0, 0.1) is 0 Å². The number of ether oxygens (including phenoxy) is 1. The van der Waals surface area contributed by atoms with E-state index in [4.69, 9.17) is 16.3 Å². The predicted octanol–water partition coefficient (Wildman–Crippen LogP) is 1.61. The van der Waals surface area contributed by atoms with E-state index in [0.717, 1.165) is 0 Å². The maximum Gasteiger partial charge on any atom is 0.242 e. The van der Waals surface area contributed by atoms with Gasteiger partial charge in [0, 0.05) is 20.1 Å². The Bertz CT molecular complexity index is 509. The number of hydrogen-bond acceptors (Lipinski definition) is 4. The Hall–Kier alpha value is -0.530. The zero-order valence-corrected chi connectivity index (χ0v) is 13.4. The molecule has 19 heavy (non-hydrogen) atoms. The topological polar surface area (TPSA) is 58.6 Å². The number of hydrogen-bond donors (Lipinski definition) is 1. The van der Waals surface area contributed by atoms with E-state index in [1.54, 1.807) is 13.1 Å². The Kier molecular flexibility index (Phi) is 7.69. The van der Waals surface area contributed by atoms with E-state index >= 15 is 0 Å². The zero-order chi connectivity index (χ0) is 13.8. The van der Waals surface area contributed by atoms with Crippen LogP contribution in [0.15, 0.2) is 23.1 Å². The van der Waals surface area contributed by atoms with Crippen LogP contribution >= 0.6 is 24.0 Å². The summed E-state index contributed by atoms with van der Waals surface area (Å²) < 4.78 is 30.6. The molecular formula is C11H18Cl2N2O3S. The first-order chi connectivity index (χ1) is 8.43. The van der Waals surface area contributed by atoms with E-state index in [2.05, 4.69) is 5.32 Å². The third-order valence-corrected chi connectivity index (χ3v) is 4.66. The number of sulfonamides is 1. The molecule has 0 heterocycles. The minimum atomic E-state index is -3.51. The Morgan fingerprint density at radius 1 is 1.42 bits per heavy atom. The Labute approximate surface area is 125 Å². The predicted molar refractivity (Wildman–Crippen MR) is 79.0 cm³/mol. The number of likely N-dealkylation sites (N-methyl/N-ethyl adjacent to an activating group) is 2. The lowest BCUT2D eigenvalue weighted by molar-refractivity contribution is 0.414. The van der Waals surface area contributed by atoms with Crippen molar-refractivity contribution in [3.05, 3.63) is 23.2 Å². The van der Waals surface area contributed by atoms with Gasteiger partial charge in [-0.2, -0.15) is 4.31 Å². The monoisotopic (exact) mass is 328 g/mol. The fraction of sp³-hybridized carbons (Fsp3) is 0.455. The van der Waals surface area contributed by atoms with Crippen molar-refractivity contribution in [2.24, 2.45) is 0 Å². The summed E-state index contributed by atoms with van der Waals surface area (Å²) >= 11 is 5.92. The van der Waals surface area contributed by atoms with Crippen molar-refractivity contribution < 1.29 is 13.2 Å². The van der Waals surface area contributed by atoms with Gasteiger partial charge >= 0.3 is 0 Å². The summed E-state index contributed by atoms with van der Waals surface area (Å²) in [5, 5.41) is 3.18. The second-order valence-electron chi connectivity index (χ2n) is 3.73. The summed E-state index contributed by atoms with van der Waals surface area (Å²) in [7, 11) is 1.28. The van der Waals surface area contributed by atoms with Gasteiger partial charge in [-0.05, 0) is 25.2 Å². The first-order valence-corrected chi connectivity index (χ1v) is 7.19. The molecule has 0 aliphatic carbocycles. The highest BCUT2D eigenvalue weighted by molar-refractivity contribution is 7.89. The molecule has 0 saturated heterocycles. The molecule has 0 fully saturated rings. The van der Waals surface area contributed by atoms with Gasteiger partial charge in [-0.25, -0.2) is 8.42 Å². The first kappa shape index (κ1) is 18.5. The van der Waals surface area contributed by atoms with E-state index in [9.17, 15) is 8.42 Å². The van der Waals surface area contributed by atoms with E-state index < -0.39 is 10.0 Å². The van der Waals surface area contributed by atoms with Crippen LogP contribution in [-0.2, 0) is 10.0 Å². The molecule has 0 amide bonds. The summed E-state index contributed by atoms with van der Waals surface area (Å²) in [6.07, 6.45) is 0. The van der Waals surface area contributed by atoms with Crippen LogP contribution in [0.4, 0.5) is 0 Å². The van der Waals surface area contributed by atoms with Gasteiger partial charge in [0.05, 0.1) is 17.0 Å². The van der Waals surface area contributed by atoms with Gasteiger partial charge in [-0.1, -0.05) is 11.6 Å². The lowest BCUT2D eigenvalue weighted by Crippen LogP contribution is -2.32. The van der Waals surface area contributed by atoms with Crippen LogP contribution in [0.25, 0.3) is 0 Å². The Morgan fingerprint density at radius 3 is 2.53 bits per heavy atom. The maximum atomic E-state index is 12.2. The quantitative estimate of drug-likeness (QED) is 0.861. The summed E-state index contributed by atoms with van der Waals surface area (Å²) in [5.74, 6) is 0.452. The van der Waals surface area contributed by atoms with Crippen molar-refractivity contribution in [2.75, 3.05) is 34.3 Å². The number of nitrogens with zero attached hydrogens (tertiary/aromatic N) is 1. The van der Waals surface area contributed by atoms with E-state index in [1.165, 1.54) is 30.6 Å². The molecule has 0 radical (unpaired) electrons. The van der Waals surface area contributed by atoms with Crippen molar-refractivity contribution in [3.8, 4) is 5.75 Å². The zero-order valence-electron chi connectivity index (χ0n) is 11.0. The fourth-order valence-corrected chi connectivity index (χ4v) is 2.90. The third-order valence-electron chi connectivity index (χ3n) is 2.51.